The van der Waals surface area contributed by atoms with Crippen LogP contribution < -0.4 is 0 Å². The average molecular weight is 589 g/mol. The highest BCUT2D eigenvalue weighted by Gasteiger charge is 2.21. The number of hydrogen-bond acceptors (Lipinski definition) is 1. The van der Waals surface area contributed by atoms with E-state index in [1.807, 2.05) is 11.3 Å². The number of aromatic nitrogens is 2. The Balaban J connectivity index is 1.51. The van der Waals surface area contributed by atoms with Crippen LogP contribution >= 0.6 is 11.3 Å². The van der Waals surface area contributed by atoms with E-state index < -0.39 is 0 Å². The quantitative estimate of drug-likeness (QED) is 0.180. The van der Waals surface area contributed by atoms with Gasteiger partial charge < -0.3 is 8.97 Å². The SMILES string of the molecule is c1ccc(-n2c3ccccc3c3cc4c5ccc6sc7cccc8c9ccccc9c9ccccc9n(c4cc32)c5c6c78)cc1. The summed E-state index contributed by atoms with van der Waals surface area (Å²) in [6.45, 7) is 0. The topological polar surface area (TPSA) is 9.34 Å². The summed E-state index contributed by atoms with van der Waals surface area (Å²) >= 11 is 1.90. The number of nitrogens with zero attached hydrogens (tertiary/aromatic N) is 2. The molecule has 0 amide bonds. The lowest BCUT2D eigenvalue weighted by atomic mass is 10.0. The monoisotopic (exact) mass is 588 g/mol. The Kier molecular flexibility index (Phi) is 4.49. The standard InChI is InChI=1S/C42H24N2S/c1-2-11-25(12-3-1)43-34-18-8-7-16-29(34)32-23-33-31-21-22-39-41-40-30(17-10-20-38(40)45-39)27-14-5-4-13-26(27)28-15-6-9-19-35(28)44(42(31)41)37(33)24-36(32)43/h1-24H. The Bertz CT molecular complexity index is 3030. The second-order valence-corrected chi connectivity index (χ2v) is 13.2. The van der Waals surface area contributed by atoms with E-state index in [9.17, 15) is 0 Å². The zero-order valence-electron chi connectivity index (χ0n) is 24.2. The number of fused-ring (bicyclic) bond motifs is 11. The van der Waals surface area contributed by atoms with Crippen molar-refractivity contribution in [2.75, 3.05) is 0 Å². The predicted molar refractivity (Wildman–Crippen MR) is 195 cm³/mol. The normalized spacial score (nSPS) is 12.4. The van der Waals surface area contributed by atoms with Crippen molar-refractivity contribution >= 4 is 102 Å². The van der Waals surface area contributed by atoms with E-state index in [1.165, 1.54) is 96.5 Å². The van der Waals surface area contributed by atoms with Gasteiger partial charge in [0.05, 0.1) is 27.6 Å². The van der Waals surface area contributed by atoms with E-state index >= 15 is 0 Å². The molecular formula is C42H24N2S. The molecule has 2 nitrogen and oxygen atoms in total. The summed E-state index contributed by atoms with van der Waals surface area (Å²) in [5, 5.41) is 13.0. The highest BCUT2D eigenvalue weighted by molar-refractivity contribution is 7.26. The number of benzene rings is 7. The minimum Gasteiger partial charge on any atom is -0.309 e. The lowest BCUT2D eigenvalue weighted by Crippen LogP contribution is -1.93. The van der Waals surface area contributed by atoms with Crippen LogP contribution in [0, 0.1) is 0 Å². The van der Waals surface area contributed by atoms with Gasteiger partial charge in [0.1, 0.15) is 0 Å². The van der Waals surface area contributed by atoms with Crippen molar-refractivity contribution in [2.45, 2.75) is 0 Å². The fourth-order valence-electron chi connectivity index (χ4n) is 8.05. The molecule has 0 aliphatic heterocycles. The van der Waals surface area contributed by atoms with Gasteiger partial charge in [0.2, 0.25) is 0 Å². The molecule has 3 heteroatoms. The van der Waals surface area contributed by atoms with Gasteiger partial charge in [-0.05, 0) is 64.7 Å². The number of rotatable bonds is 1. The lowest BCUT2D eigenvalue weighted by molar-refractivity contribution is 1.18. The Morgan fingerprint density at radius 3 is 1.80 bits per heavy atom. The van der Waals surface area contributed by atoms with Gasteiger partial charge in [-0.2, -0.15) is 0 Å². The summed E-state index contributed by atoms with van der Waals surface area (Å²) in [7, 11) is 0. The molecule has 0 fully saturated rings. The van der Waals surface area contributed by atoms with Crippen molar-refractivity contribution in [3.63, 3.8) is 0 Å². The second-order valence-electron chi connectivity index (χ2n) is 12.1. The average Bonchev–Trinajstić information content (AvgIpc) is 3.75. The van der Waals surface area contributed by atoms with Crippen molar-refractivity contribution in [2.24, 2.45) is 0 Å². The molecule has 0 unspecified atom stereocenters. The molecule has 0 atom stereocenters. The van der Waals surface area contributed by atoms with Crippen LogP contribution in [0.2, 0.25) is 0 Å². The largest absolute Gasteiger partial charge is 0.309 e. The molecular weight excluding hydrogens is 565 g/mol. The molecule has 7 aromatic carbocycles. The van der Waals surface area contributed by atoms with E-state index in [4.69, 9.17) is 0 Å². The maximum absolute atomic E-state index is 2.57. The molecule has 11 rings (SSSR count). The van der Waals surface area contributed by atoms with Gasteiger partial charge in [-0.3, -0.25) is 0 Å². The predicted octanol–water partition coefficient (Wildman–Crippen LogP) is 12.0. The molecule has 11 aromatic rings. The Labute approximate surface area is 261 Å². The molecule has 4 aromatic heterocycles. The van der Waals surface area contributed by atoms with Crippen LogP contribution in [-0.2, 0) is 0 Å². The van der Waals surface area contributed by atoms with E-state index in [1.54, 1.807) is 0 Å². The lowest BCUT2D eigenvalue weighted by Gasteiger charge is -2.08. The fraction of sp³-hybridized carbons (Fsp3) is 0. The maximum atomic E-state index is 2.57. The van der Waals surface area contributed by atoms with Gasteiger partial charge in [0.25, 0.3) is 0 Å². The summed E-state index contributed by atoms with van der Waals surface area (Å²) in [5.74, 6) is 0. The van der Waals surface area contributed by atoms with Crippen molar-refractivity contribution in [1.29, 1.82) is 0 Å². The van der Waals surface area contributed by atoms with Gasteiger partial charge in [-0.1, -0.05) is 97.1 Å². The molecule has 0 radical (unpaired) electrons. The third-order valence-corrected chi connectivity index (χ3v) is 11.0. The van der Waals surface area contributed by atoms with Crippen LogP contribution in [0.15, 0.2) is 146 Å². The van der Waals surface area contributed by atoms with Crippen LogP contribution in [0.4, 0.5) is 0 Å². The number of thiophene rings is 1. The third kappa shape index (κ3) is 2.98. The molecule has 208 valence electrons. The third-order valence-electron chi connectivity index (χ3n) is 9.85. The van der Waals surface area contributed by atoms with Crippen LogP contribution in [0.25, 0.3) is 96.5 Å². The van der Waals surface area contributed by atoms with Crippen molar-refractivity contribution < 1.29 is 0 Å². The van der Waals surface area contributed by atoms with Crippen molar-refractivity contribution in [3.05, 3.63) is 146 Å². The molecule has 45 heavy (non-hydrogen) atoms. The Hall–Kier alpha value is -5.64. The maximum Gasteiger partial charge on any atom is 0.0634 e. The molecule has 0 saturated carbocycles. The van der Waals surface area contributed by atoms with Gasteiger partial charge in [-0.15, -0.1) is 11.3 Å². The zero-order chi connectivity index (χ0) is 29.2. The summed E-state index contributed by atoms with van der Waals surface area (Å²) in [6.07, 6.45) is 0. The highest BCUT2D eigenvalue weighted by atomic mass is 32.1. The molecule has 0 aliphatic rings. The number of para-hydroxylation sites is 3. The van der Waals surface area contributed by atoms with E-state index in [0.717, 1.165) is 0 Å². The van der Waals surface area contributed by atoms with Crippen LogP contribution in [0.5, 0.6) is 0 Å². The minimum atomic E-state index is 1.17. The molecule has 4 heterocycles. The Morgan fingerprint density at radius 1 is 0.356 bits per heavy atom. The van der Waals surface area contributed by atoms with E-state index in [-0.39, 0.29) is 0 Å². The first-order valence-corrected chi connectivity index (χ1v) is 16.3. The van der Waals surface area contributed by atoms with Crippen molar-refractivity contribution in [1.82, 2.24) is 8.97 Å². The molecule has 0 saturated heterocycles. The Morgan fingerprint density at radius 2 is 0.978 bits per heavy atom. The zero-order valence-corrected chi connectivity index (χ0v) is 25.0. The van der Waals surface area contributed by atoms with Gasteiger partial charge in [-0.25, -0.2) is 0 Å². The van der Waals surface area contributed by atoms with E-state index in [0.29, 0.717) is 0 Å². The van der Waals surface area contributed by atoms with Crippen LogP contribution in [0.3, 0.4) is 0 Å². The fourth-order valence-corrected chi connectivity index (χ4v) is 9.18. The van der Waals surface area contributed by atoms with Gasteiger partial charge in [0, 0.05) is 52.8 Å². The molecule has 0 N–H and O–H groups in total. The summed E-state index contributed by atoms with van der Waals surface area (Å²) in [5.41, 5.74) is 7.36. The second kappa shape index (κ2) is 8.50. The summed E-state index contributed by atoms with van der Waals surface area (Å²) in [6, 6.07) is 53.9. The van der Waals surface area contributed by atoms with E-state index in [2.05, 4.69) is 155 Å². The molecule has 0 bridgehead atoms. The minimum absolute atomic E-state index is 1.17. The first-order chi connectivity index (χ1) is 22.3. The first-order valence-electron chi connectivity index (χ1n) is 15.5. The summed E-state index contributed by atoms with van der Waals surface area (Å²) in [4.78, 5) is 0. The van der Waals surface area contributed by atoms with Crippen molar-refractivity contribution in [3.8, 4) is 5.69 Å². The molecule has 0 aliphatic carbocycles. The summed E-state index contributed by atoms with van der Waals surface area (Å²) < 4.78 is 7.66. The smallest absolute Gasteiger partial charge is 0.0634 e. The van der Waals surface area contributed by atoms with Crippen LogP contribution in [-0.4, -0.2) is 8.97 Å². The molecule has 0 spiro atoms. The highest BCUT2D eigenvalue weighted by Crippen LogP contribution is 2.47. The van der Waals surface area contributed by atoms with Gasteiger partial charge >= 0.3 is 0 Å². The van der Waals surface area contributed by atoms with Gasteiger partial charge in [0.15, 0.2) is 0 Å². The first kappa shape index (κ1) is 23.8. The number of hydrogen-bond donors (Lipinski definition) is 0. The van der Waals surface area contributed by atoms with Crippen LogP contribution in [0.1, 0.15) is 0 Å².